The summed E-state index contributed by atoms with van der Waals surface area (Å²) in [7, 11) is 1.60. The molecule has 0 spiro atoms. The molecule has 0 amide bonds. The highest BCUT2D eigenvalue weighted by Crippen LogP contribution is 2.35. The van der Waals surface area contributed by atoms with Gasteiger partial charge in [-0.2, -0.15) is 0 Å². The molecule has 0 atom stereocenters. The van der Waals surface area contributed by atoms with Crippen molar-refractivity contribution in [3.63, 3.8) is 0 Å². The maximum absolute atomic E-state index is 9.78. The third-order valence-corrected chi connectivity index (χ3v) is 3.18. The van der Waals surface area contributed by atoms with Crippen molar-refractivity contribution in [2.45, 2.75) is 25.4 Å². The quantitative estimate of drug-likeness (QED) is 0.843. The van der Waals surface area contributed by atoms with Crippen LogP contribution >= 0.6 is 0 Å². The van der Waals surface area contributed by atoms with Crippen molar-refractivity contribution < 1.29 is 14.6 Å². The van der Waals surface area contributed by atoms with E-state index in [0.717, 1.165) is 25.9 Å². The molecule has 17 heavy (non-hydrogen) atoms. The second-order valence-corrected chi connectivity index (χ2v) is 4.64. The second kappa shape index (κ2) is 4.84. The molecule has 1 saturated heterocycles. The van der Waals surface area contributed by atoms with Crippen LogP contribution in [0.3, 0.4) is 0 Å². The normalized spacial score (nSPS) is 18.7. The summed E-state index contributed by atoms with van der Waals surface area (Å²) in [6, 6.07) is 5.04. The maximum atomic E-state index is 9.78. The summed E-state index contributed by atoms with van der Waals surface area (Å²) in [6.07, 6.45) is 1.87. The third-order valence-electron chi connectivity index (χ3n) is 3.18. The molecule has 0 aliphatic carbocycles. The van der Waals surface area contributed by atoms with E-state index in [2.05, 4.69) is 12.2 Å². The molecule has 1 aromatic rings. The fraction of sp³-hybridized carbons (Fsp3) is 0.538. The zero-order valence-corrected chi connectivity index (χ0v) is 10.3. The molecule has 0 bridgehead atoms. The molecule has 0 radical (unpaired) electrons. The first-order valence-corrected chi connectivity index (χ1v) is 5.90. The van der Waals surface area contributed by atoms with Crippen molar-refractivity contribution >= 4 is 0 Å². The third kappa shape index (κ3) is 2.82. The van der Waals surface area contributed by atoms with E-state index in [4.69, 9.17) is 9.47 Å². The molecule has 4 heteroatoms. The van der Waals surface area contributed by atoms with Gasteiger partial charge >= 0.3 is 0 Å². The van der Waals surface area contributed by atoms with Crippen LogP contribution in [0.25, 0.3) is 0 Å². The summed E-state index contributed by atoms with van der Waals surface area (Å²) in [5.41, 5.74) is -0.213. The highest BCUT2D eigenvalue weighted by molar-refractivity contribution is 5.44. The number of phenols is 1. The minimum Gasteiger partial charge on any atom is -0.504 e. The van der Waals surface area contributed by atoms with E-state index in [-0.39, 0.29) is 11.4 Å². The zero-order chi connectivity index (χ0) is 12.3. The highest BCUT2D eigenvalue weighted by Gasteiger charge is 2.29. The Bertz CT molecular complexity index is 386. The minimum absolute atomic E-state index is 0.158. The molecule has 1 aliphatic heterocycles. The van der Waals surface area contributed by atoms with Gasteiger partial charge in [0, 0.05) is 6.07 Å². The van der Waals surface area contributed by atoms with Crippen molar-refractivity contribution in [1.82, 2.24) is 5.32 Å². The highest BCUT2D eigenvalue weighted by atomic mass is 16.5. The average Bonchev–Trinajstić information content (AvgIpc) is 2.33. The lowest BCUT2D eigenvalue weighted by atomic mass is 9.94. The molecule has 2 rings (SSSR count). The standard InChI is InChI=1S/C13H19NO3/c1-13(5-7-14-8-6-13)17-12-9-10(16-2)3-4-11(12)15/h3-4,9,14-15H,5-8H2,1-2H3. The van der Waals surface area contributed by atoms with Gasteiger partial charge in [-0.25, -0.2) is 0 Å². The number of nitrogens with one attached hydrogen (secondary N) is 1. The molecule has 2 N–H and O–H groups in total. The molecule has 0 saturated carbocycles. The minimum atomic E-state index is -0.213. The van der Waals surface area contributed by atoms with Crippen LogP contribution in [0.4, 0.5) is 0 Å². The van der Waals surface area contributed by atoms with Crippen LogP contribution in [0.2, 0.25) is 0 Å². The summed E-state index contributed by atoms with van der Waals surface area (Å²) >= 11 is 0. The lowest BCUT2D eigenvalue weighted by Gasteiger charge is -2.34. The topological polar surface area (TPSA) is 50.7 Å². The Labute approximate surface area is 102 Å². The Morgan fingerprint density at radius 3 is 2.65 bits per heavy atom. The van der Waals surface area contributed by atoms with Crippen LogP contribution in [-0.4, -0.2) is 30.9 Å². The van der Waals surface area contributed by atoms with Gasteiger partial charge in [-0.1, -0.05) is 0 Å². The smallest absolute Gasteiger partial charge is 0.165 e. The van der Waals surface area contributed by atoms with E-state index < -0.39 is 0 Å². The molecule has 1 aromatic carbocycles. The monoisotopic (exact) mass is 237 g/mol. The van der Waals surface area contributed by atoms with Crippen molar-refractivity contribution in [1.29, 1.82) is 0 Å². The van der Waals surface area contributed by atoms with E-state index in [1.807, 2.05) is 0 Å². The van der Waals surface area contributed by atoms with Crippen LogP contribution in [0.5, 0.6) is 17.2 Å². The van der Waals surface area contributed by atoms with Crippen LogP contribution in [0.1, 0.15) is 19.8 Å². The summed E-state index contributed by atoms with van der Waals surface area (Å²) in [5.74, 6) is 1.34. The van der Waals surface area contributed by atoms with Gasteiger partial charge in [-0.05, 0) is 45.0 Å². The van der Waals surface area contributed by atoms with Gasteiger partial charge < -0.3 is 19.9 Å². The fourth-order valence-electron chi connectivity index (χ4n) is 2.03. The Hall–Kier alpha value is -1.42. The summed E-state index contributed by atoms with van der Waals surface area (Å²) < 4.78 is 11.1. The van der Waals surface area contributed by atoms with E-state index in [1.54, 1.807) is 25.3 Å². The second-order valence-electron chi connectivity index (χ2n) is 4.64. The summed E-state index contributed by atoms with van der Waals surface area (Å²) in [6.45, 7) is 3.97. The van der Waals surface area contributed by atoms with E-state index >= 15 is 0 Å². The number of piperidine rings is 1. The van der Waals surface area contributed by atoms with Crippen LogP contribution in [0, 0.1) is 0 Å². The average molecular weight is 237 g/mol. The van der Waals surface area contributed by atoms with Gasteiger partial charge in [-0.3, -0.25) is 0 Å². The van der Waals surface area contributed by atoms with Gasteiger partial charge in [0.2, 0.25) is 0 Å². The Kier molecular flexibility index (Phi) is 3.43. The number of hydrogen-bond donors (Lipinski definition) is 2. The first-order valence-electron chi connectivity index (χ1n) is 5.90. The predicted molar refractivity (Wildman–Crippen MR) is 65.8 cm³/mol. The molecular formula is C13H19NO3. The van der Waals surface area contributed by atoms with Gasteiger partial charge in [0.15, 0.2) is 11.5 Å². The number of hydrogen-bond acceptors (Lipinski definition) is 4. The predicted octanol–water partition coefficient (Wildman–Crippen LogP) is 1.92. The van der Waals surface area contributed by atoms with Crippen molar-refractivity contribution in [2.75, 3.05) is 20.2 Å². The van der Waals surface area contributed by atoms with Crippen LogP contribution in [0.15, 0.2) is 18.2 Å². The number of phenolic OH excluding ortho intramolecular Hbond substituents is 1. The Morgan fingerprint density at radius 2 is 2.00 bits per heavy atom. The largest absolute Gasteiger partial charge is 0.504 e. The number of rotatable bonds is 3. The van der Waals surface area contributed by atoms with Crippen molar-refractivity contribution in [2.24, 2.45) is 0 Å². The summed E-state index contributed by atoms with van der Waals surface area (Å²) in [5, 5.41) is 13.1. The number of benzene rings is 1. The molecule has 4 nitrogen and oxygen atoms in total. The number of aromatic hydroxyl groups is 1. The fourth-order valence-corrected chi connectivity index (χ4v) is 2.03. The van der Waals surface area contributed by atoms with E-state index in [1.165, 1.54) is 0 Å². The first kappa shape index (κ1) is 12.0. The molecule has 1 heterocycles. The molecule has 1 fully saturated rings. The van der Waals surface area contributed by atoms with Crippen LogP contribution in [-0.2, 0) is 0 Å². The Balaban J connectivity index is 2.16. The van der Waals surface area contributed by atoms with Crippen LogP contribution < -0.4 is 14.8 Å². The lowest BCUT2D eigenvalue weighted by molar-refractivity contribution is 0.0525. The molecular weight excluding hydrogens is 218 g/mol. The molecule has 94 valence electrons. The van der Waals surface area contributed by atoms with E-state index in [9.17, 15) is 5.11 Å². The van der Waals surface area contributed by atoms with E-state index in [0.29, 0.717) is 11.5 Å². The zero-order valence-electron chi connectivity index (χ0n) is 10.3. The van der Waals surface area contributed by atoms with Gasteiger partial charge in [0.05, 0.1) is 7.11 Å². The molecule has 0 aromatic heterocycles. The SMILES string of the molecule is COc1ccc(O)c(OC2(C)CCNCC2)c1. The van der Waals surface area contributed by atoms with Crippen molar-refractivity contribution in [3.8, 4) is 17.2 Å². The van der Waals surface area contributed by atoms with Gasteiger partial charge in [0.1, 0.15) is 11.4 Å². The lowest BCUT2D eigenvalue weighted by Crippen LogP contribution is -2.43. The summed E-state index contributed by atoms with van der Waals surface area (Å²) in [4.78, 5) is 0. The maximum Gasteiger partial charge on any atom is 0.165 e. The van der Waals surface area contributed by atoms with Gasteiger partial charge in [0.25, 0.3) is 0 Å². The molecule has 0 unspecified atom stereocenters. The molecule has 1 aliphatic rings. The van der Waals surface area contributed by atoms with Crippen molar-refractivity contribution in [3.05, 3.63) is 18.2 Å². The Morgan fingerprint density at radius 1 is 1.29 bits per heavy atom. The number of ether oxygens (including phenoxy) is 2. The van der Waals surface area contributed by atoms with Gasteiger partial charge in [-0.15, -0.1) is 0 Å². The first-order chi connectivity index (χ1) is 8.13. The number of methoxy groups -OCH3 is 1.